The fourth-order valence-electron chi connectivity index (χ4n) is 1.99. The number of alkyl halides is 2. The standard InChI is InChI=1S/C14H6Cl7O2P/c15-10-11(22)9(12(16)14(18,19)13(10)17)8(6-24(20,21)23)7-4-2-1-3-5-7/h1-6H. The highest BCUT2D eigenvalue weighted by molar-refractivity contribution is 8.10. The average molecular weight is 485 g/mol. The summed E-state index contributed by atoms with van der Waals surface area (Å²) in [6, 6.07) is 8.40. The highest BCUT2D eigenvalue weighted by atomic mass is 35.9. The fourth-order valence-corrected chi connectivity index (χ4v) is 4.38. The van der Waals surface area contributed by atoms with Crippen molar-refractivity contribution in [3.8, 4) is 0 Å². The summed E-state index contributed by atoms with van der Waals surface area (Å²) in [5, 5.41) is -1.01. The first-order valence-corrected chi connectivity index (χ1v) is 11.6. The number of carbonyl (C=O) groups excluding carboxylic acids is 1. The van der Waals surface area contributed by atoms with Gasteiger partial charge in [-0.25, -0.2) is 0 Å². The molecular formula is C14H6Cl7O2P. The highest BCUT2D eigenvalue weighted by Crippen LogP contribution is 2.61. The Morgan fingerprint density at radius 1 is 1.00 bits per heavy atom. The molecule has 1 aliphatic rings. The molecule has 0 N–H and O–H groups in total. The molecule has 0 aromatic heterocycles. The van der Waals surface area contributed by atoms with E-state index < -0.39 is 21.0 Å². The van der Waals surface area contributed by atoms with Crippen molar-refractivity contribution in [2.45, 2.75) is 4.33 Å². The van der Waals surface area contributed by atoms with Crippen molar-refractivity contribution >= 4 is 97.7 Å². The van der Waals surface area contributed by atoms with Crippen LogP contribution in [0.5, 0.6) is 0 Å². The number of hydrogen-bond acceptors (Lipinski definition) is 2. The molecule has 1 aromatic carbocycles. The second-order valence-electron chi connectivity index (χ2n) is 4.63. The zero-order chi connectivity index (χ0) is 18.3. The van der Waals surface area contributed by atoms with Crippen LogP contribution in [-0.2, 0) is 9.36 Å². The van der Waals surface area contributed by atoms with Crippen molar-refractivity contribution in [3.05, 3.63) is 62.4 Å². The number of ketones is 1. The third-order valence-electron chi connectivity index (χ3n) is 3.02. The molecule has 128 valence electrons. The monoisotopic (exact) mass is 482 g/mol. The molecule has 2 nitrogen and oxygen atoms in total. The molecule has 10 heteroatoms. The Bertz CT molecular complexity index is 834. The number of rotatable bonds is 3. The molecule has 0 unspecified atom stereocenters. The van der Waals surface area contributed by atoms with Crippen molar-refractivity contribution in [1.82, 2.24) is 0 Å². The van der Waals surface area contributed by atoms with Crippen LogP contribution in [0, 0.1) is 0 Å². The first kappa shape index (κ1) is 20.7. The van der Waals surface area contributed by atoms with E-state index in [1.807, 2.05) is 0 Å². The first-order valence-electron chi connectivity index (χ1n) is 6.13. The number of hydrogen-bond donors (Lipinski definition) is 0. The van der Waals surface area contributed by atoms with Gasteiger partial charge in [-0.15, -0.1) is 0 Å². The van der Waals surface area contributed by atoms with Crippen LogP contribution in [0.3, 0.4) is 0 Å². The molecule has 0 saturated carbocycles. The van der Waals surface area contributed by atoms with Crippen LogP contribution in [0.15, 0.2) is 56.8 Å². The molecule has 0 aliphatic heterocycles. The quantitative estimate of drug-likeness (QED) is 0.326. The van der Waals surface area contributed by atoms with Crippen molar-refractivity contribution < 1.29 is 9.36 Å². The second-order valence-corrected chi connectivity index (χ2v) is 11.9. The predicted octanol–water partition coefficient (Wildman–Crippen LogP) is 7.64. The van der Waals surface area contributed by atoms with Crippen molar-refractivity contribution in [3.63, 3.8) is 0 Å². The van der Waals surface area contributed by atoms with Crippen molar-refractivity contribution in [2.75, 3.05) is 0 Å². The van der Waals surface area contributed by atoms with Gasteiger partial charge in [-0.1, -0.05) is 88.3 Å². The minimum atomic E-state index is -3.72. The van der Waals surface area contributed by atoms with Gasteiger partial charge in [0, 0.05) is 11.4 Å². The van der Waals surface area contributed by atoms with Gasteiger partial charge < -0.3 is 0 Å². The first-order chi connectivity index (χ1) is 11.0. The lowest BCUT2D eigenvalue weighted by Crippen LogP contribution is -2.26. The number of carbonyl (C=O) groups is 1. The van der Waals surface area contributed by atoms with Gasteiger partial charge in [0.05, 0.1) is 10.1 Å². The van der Waals surface area contributed by atoms with Crippen molar-refractivity contribution in [2.24, 2.45) is 0 Å². The summed E-state index contributed by atoms with van der Waals surface area (Å²) in [5.74, 6) is -3.44. The Hall–Kier alpha value is 0.370. The van der Waals surface area contributed by atoms with Gasteiger partial charge in [0.1, 0.15) is 5.03 Å². The summed E-state index contributed by atoms with van der Waals surface area (Å²) in [4.78, 5) is 12.6. The molecule has 0 radical (unpaired) electrons. The molecule has 2 rings (SSSR count). The van der Waals surface area contributed by atoms with Gasteiger partial charge in [0.25, 0.3) is 5.85 Å². The maximum absolute atomic E-state index is 12.6. The molecule has 0 saturated heterocycles. The molecule has 1 aliphatic carbocycles. The van der Waals surface area contributed by atoms with E-state index in [0.29, 0.717) is 5.56 Å². The minimum absolute atomic E-state index is 0.0897. The van der Waals surface area contributed by atoms with Crippen LogP contribution in [0.1, 0.15) is 5.56 Å². The van der Waals surface area contributed by atoms with E-state index in [2.05, 4.69) is 0 Å². The second kappa shape index (κ2) is 7.55. The minimum Gasteiger partial charge on any atom is -0.287 e. The zero-order valence-corrected chi connectivity index (χ0v) is 17.6. The predicted molar refractivity (Wildman–Crippen MR) is 105 cm³/mol. The summed E-state index contributed by atoms with van der Waals surface area (Å²) in [6.07, 6.45) is 0. The third kappa shape index (κ3) is 4.19. The van der Waals surface area contributed by atoms with Crippen LogP contribution in [0.2, 0.25) is 0 Å². The lowest BCUT2D eigenvalue weighted by Gasteiger charge is -2.27. The summed E-state index contributed by atoms with van der Waals surface area (Å²) < 4.78 is 9.97. The van der Waals surface area contributed by atoms with E-state index in [1.54, 1.807) is 30.3 Å². The van der Waals surface area contributed by atoms with Crippen LogP contribution in [-0.4, -0.2) is 10.1 Å². The lowest BCUT2D eigenvalue weighted by molar-refractivity contribution is -0.111. The number of Topliss-reactive ketones (excluding diaryl/α,β-unsaturated/α-hetero) is 1. The molecule has 0 spiro atoms. The molecule has 0 bridgehead atoms. The van der Waals surface area contributed by atoms with E-state index in [4.69, 9.17) is 80.5 Å². The van der Waals surface area contributed by atoms with E-state index >= 15 is 0 Å². The lowest BCUT2D eigenvalue weighted by atomic mass is 9.92. The van der Waals surface area contributed by atoms with Crippen LogP contribution in [0.4, 0.5) is 0 Å². The Morgan fingerprint density at radius 3 is 2.04 bits per heavy atom. The Labute approximate surface area is 172 Å². The summed E-state index contributed by atoms with van der Waals surface area (Å²) in [7, 11) is 0. The maximum Gasteiger partial charge on any atom is 0.275 e. The fraction of sp³-hybridized carbons (Fsp3) is 0.0714. The Kier molecular flexibility index (Phi) is 6.50. The highest BCUT2D eigenvalue weighted by Gasteiger charge is 2.45. The molecule has 24 heavy (non-hydrogen) atoms. The summed E-state index contributed by atoms with van der Waals surface area (Å²) >= 11 is 41.6. The van der Waals surface area contributed by atoms with Crippen LogP contribution < -0.4 is 0 Å². The number of benzene rings is 1. The van der Waals surface area contributed by atoms with E-state index in [0.717, 1.165) is 5.82 Å². The molecule has 1 aromatic rings. The van der Waals surface area contributed by atoms with E-state index in [1.165, 1.54) is 0 Å². The topological polar surface area (TPSA) is 34.1 Å². The van der Waals surface area contributed by atoms with Gasteiger partial charge >= 0.3 is 0 Å². The normalized spacial score (nSPS) is 19.1. The number of allylic oxidation sites excluding steroid dienone is 5. The van der Waals surface area contributed by atoms with Gasteiger partial charge in [-0.3, -0.25) is 9.36 Å². The molecule has 0 amide bonds. The summed E-state index contributed by atoms with van der Waals surface area (Å²) in [6.45, 7) is 0. The van der Waals surface area contributed by atoms with Gasteiger partial charge in [0.15, 0.2) is 4.33 Å². The van der Waals surface area contributed by atoms with Gasteiger partial charge in [-0.05, 0) is 33.6 Å². The van der Waals surface area contributed by atoms with Gasteiger partial charge in [0.2, 0.25) is 5.78 Å². The zero-order valence-electron chi connectivity index (χ0n) is 11.4. The Balaban J connectivity index is 2.81. The molecule has 0 heterocycles. The van der Waals surface area contributed by atoms with Crippen LogP contribution >= 0.6 is 86.3 Å². The molecule has 0 fully saturated rings. The van der Waals surface area contributed by atoms with E-state index in [-0.39, 0.29) is 21.2 Å². The summed E-state index contributed by atoms with van der Waals surface area (Å²) in [5.41, 5.74) is 0.378. The van der Waals surface area contributed by atoms with E-state index in [9.17, 15) is 9.36 Å². The number of halogens is 7. The molecular weight excluding hydrogens is 479 g/mol. The van der Waals surface area contributed by atoms with Crippen molar-refractivity contribution in [1.29, 1.82) is 0 Å². The third-order valence-corrected chi connectivity index (χ3v) is 6.71. The maximum atomic E-state index is 12.6. The average Bonchev–Trinajstić information content (AvgIpc) is 2.50. The van der Waals surface area contributed by atoms with Gasteiger partial charge in [-0.2, -0.15) is 0 Å². The SMILES string of the molecule is O=C1C(Cl)=C(Cl)C(Cl)(Cl)C(Cl)=C1C(=CP(=O)(Cl)Cl)c1ccccc1. The largest absolute Gasteiger partial charge is 0.287 e. The van der Waals surface area contributed by atoms with Crippen LogP contribution in [0.25, 0.3) is 5.57 Å². The smallest absolute Gasteiger partial charge is 0.275 e. The Morgan fingerprint density at radius 2 is 1.54 bits per heavy atom. The molecule has 0 atom stereocenters.